The van der Waals surface area contributed by atoms with Crippen molar-refractivity contribution < 1.29 is 17.2 Å². The minimum atomic E-state index is -4.05. The molecule has 0 saturated carbocycles. The molecule has 0 bridgehead atoms. The zero-order valence-corrected chi connectivity index (χ0v) is 13.8. The molecule has 3 nitrogen and oxygen atoms in total. The molecular formula is C13H9BrClF2NO2S. The van der Waals surface area contributed by atoms with Crippen molar-refractivity contribution in [3.05, 3.63) is 57.0 Å². The van der Waals surface area contributed by atoms with Gasteiger partial charge < -0.3 is 0 Å². The van der Waals surface area contributed by atoms with Gasteiger partial charge in [0.1, 0.15) is 11.6 Å². The van der Waals surface area contributed by atoms with E-state index < -0.39 is 21.7 Å². The summed E-state index contributed by atoms with van der Waals surface area (Å²) < 4.78 is 53.4. The van der Waals surface area contributed by atoms with Gasteiger partial charge in [-0.25, -0.2) is 17.2 Å². The average molecular weight is 397 g/mol. The molecule has 8 heteroatoms. The molecule has 0 amide bonds. The maximum absolute atomic E-state index is 13.3. The molecule has 0 atom stereocenters. The van der Waals surface area contributed by atoms with E-state index in [1.807, 2.05) is 0 Å². The maximum Gasteiger partial charge on any atom is 0.262 e. The second-order valence-corrected chi connectivity index (χ2v) is 7.17. The third kappa shape index (κ3) is 3.53. The number of anilines is 1. The van der Waals surface area contributed by atoms with E-state index in [-0.39, 0.29) is 20.1 Å². The van der Waals surface area contributed by atoms with Crippen LogP contribution in [-0.2, 0) is 10.0 Å². The largest absolute Gasteiger partial charge is 0.277 e. The van der Waals surface area contributed by atoms with Crippen LogP contribution in [0.25, 0.3) is 0 Å². The highest BCUT2D eigenvalue weighted by molar-refractivity contribution is 9.10. The molecular weight excluding hydrogens is 388 g/mol. The first kappa shape index (κ1) is 16.2. The Morgan fingerprint density at radius 3 is 2.43 bits per heavy atom. The molecule has 2 aromatic carbocycles. The lowest BCUT2D eigenvalue weighted by molar-refractivity contribution is 0.594. The molecule has 0 aliphatic heterocycles. The molecule has 0 aliphatic rings. The van der Waals surface area contributed by atoms with Crippen LogP contribution in [0.4, 0.5) is 14.5 Å². The summed E-state index contributed by atoms with van der Waals surface area (Å²) >= 11 is 8.86. The summed E-state index contributed by atoms with van der Waals surface area (Å²) in [6.07, 6.45) is 0. The van der Waals surface area contributed by atoms with Gasteiger partial charge in [-0.1, -0.05) is 17.7 Å². The number of halogens is 4. The summed E-state index contributed by atoms with van der Waals surface area (Å²) in [6.45, 7) is 1.54. The average Bonchev–Trinajstić information content (AvgIpc) is 2.36. The zero-order valence-electron chi connectivity index (χ0n) is 10.6. The Labute approximate surface area is 134 Å². The smallest absolute Gasteiger partial charge is 0.262 e. The predicted molar refractivity (Wildman–Crippen MR) is 81.1 cm³/mol. The molecule has 2 aromatic rings. The molecule has 112 valence electrons. The molecule has 21 heavy (non-hydrogen) atoms. The number of aryl methyl sites for hydroxylation is 1. The van der Waals surface area contributed by atoms with Crippen LogP contribution in [0.2, 0.25) is 5.02 Å². The second kappa shape index (κ2) is 5.90. The van der Waals surface area contributed by atoms with Gasteiger partial charge in [-0.3, -0.25) is 4.72 Å². The van der Waals surface area contributed by atoms with Crippen LogP contribution in [-0.4, -0.2) is 8.42 Å². The molecule has 1 N–H and O–H groups in total. The first-order valence-electron chi connectivity index (χ1n) is 5.64. The molecule has 0 aromatic heterocycles. The number of rotatable bonds is 3. The number of hydrogen-bond acceptors (Lipinski definition) is 2. The Hall–Kier alpha value is -1.18. The summed E-state index contributed by atoms with van der Waals surface area (Å²) in [4.78, 5) is -0.213. The van der Waals surface area contributed by atoms with Gasteiger partial charge in [0.15, 0.2) is 0 Å². The van der Waals surface area contributed by atoms with Gasteiger partial charge in [0.25, 0.3) is 10.0 Å². The van der Waals surface area contributed by atoms with E-state index >= 15 is 0 Å². The van der Waals surface area contributed by atoms with Gasteiger partial charge in [0.2, 0.25) is 0 Å². The lowest BCUT2D eigenvalue weighted by Gasteiger charge is -2.13. The zero-order chi connectivity index (χ0) is 15.8. The minimum Gasteiger partial charge on any atom is -0.277 e. The molecule has 0 radical (unpaired) electrons. The van der Waals surface area contributed by atoms with Crippen LogP contribution in [0.3, 0.4) is 0 Å². The number of hydrogen-bond donors (Lipinski definition) is 1. The van der Waals surface area contributed by atoms with Gasteiger partial charge in [-0.05, 0) is 52.7 Å². The Morgan fingerprint density at radius 1 is 1.14 bits per heavy atom. The second-order valence-electron chi connectivity index (χ2n) is 4.26. The maximum atomic E-state index is 13.3. The van der Waals surface area contributed by atoms with E-state index in [9.17, 15) is 17.2 Å². The van der Waals surface area contributed by atoms with Crippen LogP contribution < -0.4 is 4.72 Å². The van der Waals surface area contributed by atoms with E-state index in [1.54, 1.807) is 0 Å². The van der Waals surface area contributed by atoms with Crippen molar-refractivity contribution in [3.8, 4) is 0 Å². The van der Waals surface area contributed by atoms with Gasteiger partial charge in [-0.2, -0.15) is 0 Å². The molecule has 0 heterocycles. The molecule has 0 fully saturated rings. The van der Waals surface area contributed by atoms with Crippen LogP contribution >= 0.6 is 27.5 Å². The third-order valence-electron chi connectivity index (χ3n) is 2.68. The first-order valence-corrected chi connectivity index (χ1v) is 8.29. The fourth-order valence-electron chi connectivity index (χ4n) is 1.69. The van der Waals surface area contributed by atoms with Crippen LogP contribution in [0.5, 0.6) is 0 Å². The van der Waals surface area contributed by atoms with Crippen LogP contribution in [0.1, 0.15) is 5.56 Å². The SMILES string of the molecule is Cc1ccc(F)cc1S(=O)(=O)Nc1c(Cl)cc(F)cc1Br. The van der Waals surface area contributed by atoms with E-state index in [4.69, 9.17) is 11.6 Å². The normalized spacial score (nSPS) is 11.5. The number of sulfonamides is 1. The van der Waals surface area contributed by atoms with Gasteiger partial charge in [0.05, 0.1) is 15.6 Å². The van der Waals surface area contributed by atoms with Crippen molar-refractivity contribution in [2.75, 3.05) is 4.72 Å². The Morgan fingerprint density at radius 2 is 1.81 bits per heavy atom. The fraction of sp³-hybridized carbons (Fsp3) is 0.0769. The summed E-state index contributed by atoms with van der Waals surface area (Å²) in [5, 5.41) is -0.112. The Bertz CT molecular complexity index is 789. The quantitative estimate of drug-likeness (QED) is 0.831. The molecule has 0 spiro atoms. The topological polar surface area (TPSA) is 46.2 Å². The fourth-order valence-corrected chi connectivity index (χ4v) is 4.14. The predicted octanol–water partition coefficient (Wildman–Crippen LogP) is 4.49. The Balaban J connectivity index is 2.50. The van der Waals surface area contributed by atoms with E-state index in [1.165, 1.54) is 13.0 Å². The molecule has 0 unspecified atom stereocenters. The van der Waals surface area contributed by atoms with Crippen molar-refractivity contribution in [1.82, 2.24) is 0 Å². The van der Waals surface area contributed by atoms with Gasteiger partial charge in [0, 0.05) is 4.47 Å². The van der Waals surface area contributed by atoms with E-state index in [0.29, 0.717) is 5.56 Å². The van der Waals surface area contributed by atoms with Gasteiger partial charge >= 0.3 is 0 Å². The summed E-state index contributed by atoms with van der Waals surface area (Å²) in [6, 6.07) is 5.47. The summed E-state index contributed by atoms with van der Waals surface area (Å²) in [5.41, 5.74) is 0.361. The summed E-state index contributed by atoms with van der Waals surface area (Å²) in [7, 11) is -4.05. The lowest BCUT2D eigenvalue weighted by atomic mass is 10.2. The molecule has 0 aliphatic carbocycles. The highest BCUT2D eigenvalue weighted by Gasteiger charge is 2.21. The van der Waals surface area contributed by atoms with Crippen molar-refractivity contribution >= 4 is 43.2 Å². The monoisotopic (exact) mass is 395 g/mol. The number of benzene rings is 2. The third-order valence-corrected chi connectivity index (χ3v) is 5.10. The van der Waals surface area contributed by atoms with Gasteiger partial charge in [-0.15, -0.1) is 0 Å². The van der Waals surface area contributed by atoms with Crippen LogP contribution in [0.15, 0.2) is 39.7 Å². The summed E-state index contributed by atoms with van der Waals surface area (Å²) in [5.74, 6) is -1.29. The van der Waals surface area contributed by atoms with Crippen molar-refractivity contribution in [3.63, 3.8) is 0 Å². The lowest BCUT2D eigenvalue weighted by Crippen LogP contribution is -2.15. The highest BCUT2D eigenvalue weighted by Crippen LogP contribution is 2.33. The first-order chi connectivity index (χ1) is 9.70. The Kier molecular flexibility index (Phi) is 4.55. The number of nitrogens with one attached hydrogen (secondary N) is 1. The minimum absolute atomic E-state index is 0.0123. The van der Waals surface area contributed by atoms with E-state index in [2.05, 4.69) is 20.7 Å². The van der Waals surface area contributed by atoms with E-state index in [0.717, 1.165) is 24.3 Å². The van der Waals surface area contributed by atoms with Crippen molar-refractivity contribution in [2.24, 2.45) is 0 Å². The van der Waals surface area contributed by atoms with Crippen molar-refractivity contribution in [2.45, 2.75) is 11.8 Å². The highest BCUT2D eigenvalue weighted by atomic mass is 79.9. The van der Waals surface area contributed by atoms with Crippen LogP contribution in [0, 0.1) is 18.6 Å². The molecule has 0 saturated heterocycles. The van der Waals surface area contributed by atoms with Crippen molar-refractivity contribution in [1.29, 1.82) is 0 Å². The molecule has 2 rings (SSSR count). The standard InChI is InChI=1S/C13H9BrClF2NO2S/c1-7-2-3-8(16)6-12(7)21(19,20)18-13-10(14)4-9(17)5-11(13)15/h2-6,18H,1H3.